The van der Waals surface area contributed by atoms with E-state index in [1.807, 2.05) is 31.2 Å². The number of amides is 1. The van der Waals surface area contributed by atoms with Crippen molar-refractivity contribution < 1.29 is 4.79 Å². The van der Waals surface area contributed by atoms with Crippen LogP contribution in [-0.4, -0.2) is 11.7 Å². The van der Waals surface area contributed by atoms with Gasteiger partial charge in [0.2, 0.25) is 5.91 Å². The predicted molar refractivity (Wildman–Crippen MR) is 96.5 cm³/mol. The third kappa shape index (κ3) is 5.23. The van der Waals surface area contributed by atoms with Crippen molar-refractivity contribution >= 4 is 23.4 Å². The van der Waals surface area contributed by atoms with Gasteiger partial charge in [0.25, 0.3) is 0 Å². The Morgan fingerprint density at radius 2 is 1.86 bits per heavy atom. The average Bonchev–Trinajstić information content (AvgIpc) is 2.47. The molecule has 0 bridgehead atoms. The topological polar surface area (TPSA) is 29.1 Å². The number of aryl methyl sites for hydroxylation is 1. The zero-order valence-corrected chi connectivity index (χ0v) is 14.2. The molecule has 2 aromatic rings. The maximum atomic E-state index is 11.9. The third-order valence-electron chi connectivity index (χ3n) is 3.45. The maximum absolute atomic E-state index is 11.9. The van der Waals surface area contributed by atoms with Gasteiger partial charge in [-0.05, 0) is 41.7 Å². The van der Waals surface area contributed by atoms with Gasteiger partial charge in [0, 0.05) is 11.4 Å². The molecule has 22 heavy (non-hydrogen) atoms. The molecule has 116 valence electrons. The molecule has 2 rings (SSSR count). The Bertz CT molecular complexity index is 620. The molecule has 0 saturated heterocycles. The summed E-state index contributed by atoms with van der Waals surface area (Å²) in [6.07, 6.45) is 0. The lowest BCUT2D eigenvalue weighted by molar-refractivity contribution is -0.113. The summed E-state index contributed by atoms with van der Waals surface area (Å²) in [5, 5.41) is 2.93. The normalized spacial score (nSPS) is 10.7. The van der Waals surface area contributed by atoms with Crippen LogP contribution in [0.3, 0.4) is 0 Å². The van der Waals surface area contributed by atoms with Gasteiger partial charge in [-0.3, -0.25) is 4.79 Å². The largest absolute Gasteiger partial charge is 0.325 e. The first-order chi connectivity index (χ1) is 10.5. The number of hydrogen-bond acceptors (Lipinski definition) is 2. The summed E-state index contributed by atoms with van der Waals surface area (Å²) in [5.74, 6) is 1.94. The van der Waals surface area contributed by atoms with Crippen LogP contribution in [0, 0.1) is 6.92 Å². The monoisotopic (exact) mass is 313 g/mol. The van der Waals surface area contributed by atoms with E-state index in [2.05, 4.69) is 43.4 Å². The first-order valence-electron chi connectivity index (χ1n) is 7.57. The van der Waals surface area contributed by atoms with Gasteiger partial charge in [0.15, 0.2) is 0 Å². The van der Waals surface area contributed by atoms with E-state index >= 15 is 0 Å². The molecule has 3 heteroatoms. The van der Waals surface area contributed by atoms with Crippen LogP contribution >= 0.6 is 11.8 Å². The summed E-state index contributed by atoms with van der Waals surface area (Å²) in [6.45, 7) is 6.41. The smallest absolute Gasteiger partial charge is 0.234 e. The van der Waals surface area contributed by atoms with Gasteiger partial charge in [0.05, 0.1) is 5.75 Å². The fraction of sp³-hybridized carbons (Fsp3) is 0.316. The van der Waals surface area contributed by atoms with E-state index in [9.17, 15) is 4.79 Å². The molecule has 2 nitrogen and oxygen atoms in total. The van der Waals surface area contributed by atoms with Crippen molar-refractivity contribution in [3.8, 4) is 0 Å². The number of thioether (sulfide) groups is 1. The van der Waals surface area contributed by atoms with Crippen LogP contribution in [0.4, 0.5) is 5.69 Å². The van der Waals surface area contributed by atoms with Gasteiger partial charge in [-0.15, -0.1) is 11.8 Å². The summed E-state index contributed by atoms with van der Waals surface area (Å²) >= 11 is 1.64. The number of nitrogens with one attached hydrogen (secondary N) is 1. The van der Waals surface area contributed by atoms with Crippen molar-refractivity contribution in [2.24, 2.45) is 0 Å². The van der Waals surface area contributed by atoms with E-state index in [-0.39, 0.29) is 5.91 Å². The van der Waals surface area contributed by atoms with Crippen LogP contribution in [0.15, 0.2) is 48.5 Å². The Morgan fingerprint density at radius 3 is 2.50 bits per heavy atom. The molecular weight excluding hydrogens is 290 g/mol. The number of benzene rings is 2. The van der Waals surface area contributed by atoms with Gasteiger partial charge in [-0.2, -0.15) is 0 Å². The molecule has 0 radical (unpaired) electrons. The van der Waals surface area contributed by atoms with Crippen molar-refractivity contribution in [1.82, 2.24) is 0 Å². The highest BCUT2D eigenvalue weighted by atomic mass is 32.2. The minimum absolute atomic E-state index is 0.0504. The molecule has 1 N–H and O–H groups in total. The summed E-state index contributed by atoms with van der Waals surface area (Å²) < 4.78 is 0. The number of carbonyl (C=O) groups is 1. The molecule has 0 aliphatic rings. The van der Waals surface area contributed by atoms with E-state index in [0.717, 1.165) is 17.0 Å². The zero-order chi connectivity index (χ0) is 15.9. The number of hydrogen-bond donors (Lipinski definition) is 1. The van der Waals surface area contributed by atoms with Crippen LogP contribution in [0.25, 0.3) is 0 Å². The number of anilines is 1. The second-order valence-electron chi connectivity index (χ2n) is 5.81. The SMILES string of the molecule is Cc1cccc(NC(=O)CSCc2ccc(C(C)C)cc2)c1. The molecule has 1 amide bonds. The molecule has 0 saturated carbocycles. The van der Waals surface area contributed by atoms with Crippen LogP contribution in [-0.2, 0) is 10.5 Å². The van der Waals surface area contributed by atoms with Crippen molar-refractivity contribution in [2.45, 2.75) is 32.4 Å². The Labute approximate surface area is 137 Å². The molecule has 0 aliphatic heterocycles. The molecule has 0 spiro atoms. The Kier molecular flexibility index (Phi) is 6.08. The average molecular weight is 313 g/mol. The first-order valence-corrected chi connectivity index (χ1v) is 8.73. The summed E-state index contributed by atoms with van der Waals surface area (Å²) in [5.41, 5.74) is 4.63. The predicted octanol–water partition coefficient (Wildman–Crippen LogP) is 4.99. The van der Waals surface area contributed by atoms with Crippen LogP contribution < -0.4 is 5.32 Å². The second kappa shape index (κ2) is 8.04. The van der Waals surface area contributed by atoms with Crippen molar-refractivity contribution in [3.63, 3.8) is 0 Å². The first kappa shape index (κ1) is 16.6. The van der Waals surface area contributed by atoms with Crippen LogP contribution in [0.1, 0.15) is 36.5 Å². The minimum Gasteiger partial charge on any atom is -0.325 e. The van der Waals surface area contributed by atoms with E-state index < -0.39 is 0 Å². The fourth-order valence-corrected chi connectivity index (χ4v) is 2.97. The third-order valence-corrected chi connectivity index (χ3v) is 4.45. The highest BCUT2D eigenvalue weighted by molar-refractivity contribution is 7.99. The van der Waals surface area contributed by atoms with E-state index in [1.54, 1.807) is 11.8 Å². The van der Waals surface area contributed by atoms with Gasteiger partial charge < -0.3 is 5.32 Å². The standard InChI is InChI=1S/C19H23NOS/c1-14(2)17-9-7-16(8-10-17)12-22-13-19(21)20-18-6-4-5-15(3)11-18/h4-11,14H,12-13H2,1-3H3,(H,20,21). The Morgan fingerprint density at radius 1 is 1.14 bits per heavy atom. The second-order valence-corrected chi connectivity index (χ2v) is 6.79. The van der Waals surface area contributed by atoms with Gasteiger partial charge in [-0.25, -0.2) is 0 Å². The highest BCUT2D eigenvalue weighted by Crippen LogP contribution is 2.18. The molecule has 0 aromatic heterocycles. The number of carbonyl (C=O) groups excluding carboxylic acids is 1. The molecule has 0 atom stereocenters. The minimum atomic E-state index is 0.0504. The van der Waals surface area contributed by atoms with Crippen LogP contribution in [0.5, 0.6) is 0 Å². The molecule has 2 aromatic carbocycles. The van der Waals surface area contributed by atoms with Crippen molar-refractivity contribution in [1.29, 1.82) is 0 Å². The lowest BCUT2D eigenvalue weighted by atomic mass is 10.0. The highest BCUT2D eigenvalue weighted by Gasteiger charge is 2.04. The zero-order valence-electron chi connectivity index (χ0n) is 13.4. The lowest BCUT2D eigenvalue weighted by Gasteiger charge is -2.08. The lowest BCUT2D eigenvalue weighted by Crippen LogP contribution is -2.14. The Hall–Kier alpha value is -1.74. The molecule has 0 fully saturated rings. The van der Waals surface area contributed by atoms with E-state index in [1.165, 1.54) is 11.1 Å². The fourth-order valence-electron chi connectivity index (χ4n) is 2.18. The maximum Gasteiger partial charge on any atom is 0.234 e. The summed E-state index contributed by atoms with van der Waals surface area (Å²) in [7, 11) is 0. The van der Waals surface area contributed by atoms with E-state index in [4.69, 9.17) is 0 Å². The van der Waals surface area contributed by atoms with Crippen molar-refractivity contribution in [2.75, 3.05) is 11.1 Å². The summed E-state index contributed by atoms with van der Waals surface area (Å²) in [4.78, 5) is 11.9. The quantitative estimate of drug-likeness (QED) is 0.814. The van der Waals surface area contributed by atoms with Gasteiger partial charge in [-0.1, -0.05) is 50.2 Å². The van der Waals surface area contributed by atoms with Crippen molar-refractivity contribution in [3.05, 3.63) is 65.2 Å². The number of rotatable bonds is 6. The molecule has 0 heterocycles. The molecule has 0 unspecified atom stereocenters. The molecular formula is C19H23NOS. The van der Waals surface area contributed by atoms with Gasteiger partial charge in [0.1, 0.15) is 0 Å². The van der Waals surface area contributed by atoms with Gasteiger partial charge >= 0.3 is 0 Å². The molecule has 0 aliphatic carbocycles. The Balaban J connectivity index is 1.77. The summed E-state index contributed by atoms with van der Waals surface area (Å²) in [6, 6.07) is 16.5. The van der Waals surface area contributed by atoms with Crippen LogP contribution in [0.2, 0.25) is 0 Å². The van der Waals surface area contributed by atoms with E-state index in [0.29, 0.717) is 11.7 Å².